The van der Waals surface area contributed by atoms with Crippen LogP contribution in [0.1, 0.15) is 25.8 Å². The summed E-state index contributed by atoms with van der Waals surface area (Å²) in [5, 5.41) is 11.8. The normalized spacial score (nSPS) is 12.0. The van der Waals surface area contributed by atoms with Crippen LogP contribution in [-0.2, 0) is 4.79 Å². The number of hydrogen-bond donors (Lipinski definition) is 1. The van der Waals surface area contributed by atoms with Gasteiger partial charge in [0.1, 0.15) is 5.75 Å². The summed E-state index contributed by atoms with van der Waals surface area (Å²) in [6.07, 6.45) is 0. The molecule has 0 aliphatic rings. The molecule has 29 heavy (non-hydrogen) atoms. The third kappa shape index (κ3) is 5.34. The zero-order valence-corrected chi connectivity index (χ0v) is 17.3. The van der Waals surface area contributed by atoms with Crippen LogP contribution in [0.4, 0.5) is 5.69 Å². The van der Waals surface area contributed by atoms with Crippen molar-refractivity contribution in [2.24, 2.45) is 0 Å². The Bertz CT molecular complexity index is 959. The van der Waals surface area contributed by atoms with Crippen LogP contribution in [0, 0.1) is 0 Å². The van der Waals surface area contributed by atoms with E-state index in [9.17, 15) is 4.79 Å². The third-order valence-electron chi connectivity index (χ3n) is 4.54. The van der Waals surface area contributed by atoms with E-state index in [2.05, 4.69) is 15.5 Å². The SMILES string of the molecule is CCN(CC(=O)Nc1ccc(OC)cc1)[C@H](C)c1nnc(-c2cccc(Cl)c2)o1. The Hall–Kier alpha value is -2.90. The molecule has 0 bridgehead atoms. The van der Waals surface area contributed by atoms with Crippen LogP contribution in [0.2, 0.25) is 5.02 Å². The molecule has 0 radical (unpaired) electrons. The average Bonchev–Trinajstić information content (AvgIpc) is 3.22. The van der Waals surface area contributed by atoms with Crippen molar-refractivity contribution in [1.29, 1.82) is 0 Å². The predicted molar refractivity (Wildman–Crippen MR) is 112 cm³/mol. The quantitative estimate of drug-likeness (QED) is 0.587. The molecule has 152 valence electrons. The molecule has 1 aromatic heterocycles. The van der Waals surface area contributed by atoms with Crippen molar-refractivity contribution in [3.63, 3.8) is 0 Å². The summed E-state index contributed by atoms with van der Waals surface area (Å²) >= 11 is 6.03. The number of likely N-dealkylation sites (N-methyl/N-ethyl adjacent to an activating group) is 1. The fraction of sp³-hybridized carbons (Fsp3) is 0.286. The molecule has 3 aromatic rings. The molecular weight excluding hydrogens is 392 g/mol. The number of nitrogens with zero attached hydrogens (tertiary/aromatic N) is 3. The van der Waals surface area contributed by atoms with Crippen molar-refractivity contribution >= 4 is 23.2 Å². The molecular formula is C21H23ClN4O3. The van der Waals surface area contributed by atoms with Gasteiger partial charge in [0.2, 0.25) is 17.7 Å². The topological polar surface area (TPSA) is 80.5 Å². The van der Waals surface area contributed by atoms with Crippen LogP contribution in [-0.4, -0.2) is 41.2 Å². The number of anilines is 1. The van der Waals surface area contributed by atoms with Crippen molar-refractivity contribution in [3.05, 3.63) is 59.4 Å². The molecule has 0 fully saturated rings. The summed E-state index contributed by atoms with van der Waals surface area (Å²) in [4.78, 5) is 14.4. The highest BCUT2D eigenvalue weighted by molar-refractivity contribution is 6.30. The summed E-state index contributed by atoms with van der Waals surface area (Å²) in [7, 11) is 1.60. The van der Waals surface area contributed by atoms with E-state index in [1.54, 1.807) is 43.5 Å². The van der Waals surface area contributed by atoms with Gasteiger partial charge in [-0.1, -0.05) is 24.6 Å². The Morgan fingerprint density at radius 2 is 2.00 bits per heavy atom. The van der Waals surface area contributed by atoms with Crippen molar-refractivity contribution < 1.29 is 13.9 Å². The minimum Gasteiger partial charge on any atom is -0.497 e. The molecule has 0 saturated carbocycles. The lowest BCUT2D eigenvalue weighted by atomic mass is 10.2. The highest BCUT2D eigenvalue weighted by Crippen LogP contribution is 2.25. The molecule has 3 rings (SSSR count). The van der Waals surface area contributed by atoms with Gasteiger partial charge in [0.15, 0.2) is 0 Å². The molecule has 2 aromatic carbocycles. The second kappa shape index (κ2) is 9.54. The molecule has 0 aliphatic heterocycles. The Labute approximate surface area is 174 Å². The van der Waals surface area contributed by atoms with Crippen LogP contribution < -0.4 is 10.1 Å². The second-order valence-electron chi connectivity index (χ2n) is 6.47. The molecule has 7 nitrogen and oxygen atoms in total. The summed E-state index contributed by atoms with van der Waals surface area (Å²) in [5.74, 6) is 1.45. The van der Waals surface area contributed by atoms with Crippen LogP contribution in [0.5, 0.6) is 5.75 Å². The average molecular weight is 415 g/mol. The molecule has 1 heterocycles. The van der Waals surface area contributed by atoms with Crippen LogP contribution >= 0.6 is 11.6 Å². The van der Waals surface area contributed by atoms with Crippen LogP contribution in [0.25, 0.3) is 11.5 Å². The summed E-state index contributed by atoms with van der Waals surface area (Å²) in [6.45, 7) is 4.75. The zero-order chi connectivity index (χ0) is 20.8. The standard InChI is InChI=1S/C21H23ClN4O3/c1-4-26(13-19(27)23-17-8-10-18(28-3)11-9-17)14(2)20-24-25-21(29-20)15-6-5-7-16(22)12-15/h5-12,14H,4,13H2,1-3H3,(H,23,27)/t14-/m1/s1. The zero-order valence-electron chi connectivity index (χ0n) is 16.6. The highest BCUT2D eigenvalue weighted by atomic mass is 35.5. The number of halogens is 1. The molecule has 1 amide bonds. The molecule has 0 spiro atoms. The van der Waals surface area contributed by atoms with Gasteiger partial charge in [0, 0.05) is 16.3 Å². The van der Waals surface area contributed by atoms with Gasteiger partial charge in [-0.15, -0.1) is 10.2 Å². The van der Waals surface area contributed by atoms with Crippen molar-refractivity contribution in [2.45, 2.75) is 19.9 Å². The van der Waals surface area contributed by atoms with Gasteiger partial charge in [-0.25, -0.2) is 0 Å². The third-order valence-corrected chi connectivity index (χ3v) is 4.78. The number of aromatic nitrogens is 2. The van der Waals surface area contributed by atoms with E-state index in [-0.39, 0.29) is 18.5 Å². The second-order valence-corrected chi connectivity index (χ2v) is 6.91. The van der Waals surface area contributed by atoms with Crippen molar-refractivity contribution in [2.75, 3.05) is 25.5 Å². The van der Waals surface area contributed by atoms with Crippen molar-refractivity contribution in [3.8, 4) is 17.2 Å². The van der Waals surface area contributed by atoms with E-state index in [1.165, 1.54) is 0 Å². The smallest absolute Gasteiger partial charge is 0.247 e. The number of rotatable bonds is 8. The molecule has 0 saturated heterocycles. The molecule has 1 N–H and O–H groups in total. The first kappa shape index (κ1) is 20.8. The molecule has 0 aliphatic carbocycles. The van der Waals surface area contributed by atoms with Gasteiger partial charge in [-0.2, -0.15) is 0 Å². The van der Waals surface area contributed by atoms with Gasteiger partial charge in [-0.3, -0.25) is 9.69 Å². The number of hydrogen-bond acceptors (Lipinski definition) is 6. The molecule has 8 heteroatoms. The molecule has 1 atom stereocenters. The monoisotopic (exact) mass is 414 g/mol. The predicted octanol–water partition coefficient (Wildman–Crippen LogP) is 4.42. The van der Waals surface area contributed by atoms with E-state index in [1.807, 2.05) is 30.9 Å². The fourth-order valence-electron chi connectivity index (χ4n) is 2.88. The minimum absolute atomic E-state index is 0.126. The molecule has 0 unspecified atom stereocenters. The van der Waals surface area contributed by atoms with E-state index in [0.29, 0.717) is 29.0 Å². The van der Waals surface area contributed by atoms with E-state index < -0.39 is 0 Å². The Balaban J connectivity index is 1.65. The number of amides is 1. The summed E-state index contributed by atoms with van der Waals surface area (Å²) in [5.41, 5.74) is 1.46. The maximum absolute atomic E-state index is 12.5. The van der Waals surface area contributed by atoms with Crippen LogP contribution in [0.15, 0.2) is 52.9 Å². The summed E-state index contributed by atoms with van der Waals surface area (Å²) in [6, 6.07) is 14.2. The lowest BCUT2D eigenvalue weighted by molar-refractivity contribution is -0.117. The first-order valence-corrected chi connectivity index (χ1v) is 9.65. The van der Waals surface area contributed by atoms with Gasteiger partial charge in [0.05, 0.1) is 19.7 Å². The van der Waals surface area contributed by atoms with Gasteiger partial charge in [-0.05, 0) is 55.9 Å². The number of methoxy groups -OCH3 is 1. The van der Waals surface area contributed by atoms with E-state index in [0.717, 1.165) is 11.3 Å². The van der Waals surface area contributed by atoms with Crippen molar-refractivity contribution in [1.82, 2.24) is 15.1 Å². The minimum atomic E-state index is -0.220. The number of benzene rings is 2. The number of ether oxygens (including phenoxy) is 1. The number of nitrogens with one attached hydrogen (secondary N) is 1. The Morgan fingerprint density at radius 3 is 2.66 bits per heavy atom. The van der Waals surface area contributed by atoms with Gasteiger partial charge in [0.25, 0.3) is 0 Å². The Kier molecular flexibility index (Phi) is 6.85. The first-order valence-electron chi connectivity index (χ1n) is 9.27. The van der Waals surface area contributed by atoms with Gasteiger partial charge >= 0.3 is 0 Å². The highest BCUT2D eigenvalue weighted by Gasteiger charge is 2.23. The summed E-state index contributed by atoms with van der Waals surface area (Å²) < 4.78 is 11.0. The largest absolute Gasteiger partial charge is 0.497 e. The lowest BCUT2D eigenvalue weighted by Gasteiger charge is -2.24. The van der Waals surface area contributed by atoms with E-state index in [4.69, 9.17) is 20.8 Å². The maximum atomic E-state index is 12.5. The van der Waals surface area contributed by atoms with E-state index >= 15 is 0 Å². The van der Waals surface area contributed by atoms with Crippen LogP contribution in [0.3, 0.4) is 0 Å². The maximum Gasteiger partial charge on any atom is 0.247 e. The fourth-order valence-corrected chi connectivity index (χ4v) is 3.07. The number of carbonyl (C=O) groups is 1. The first-order chi connectivity index (χ1) is 14.0. The number of carbonyl (C=O) groups excluding carboxylic acids is 1. The van der Waals surface area contributed by atoms with Gasteiger partial charge < -0.3 is 14.5 Å². The lowest BCUT2D eigenvalue weighted by Crippen LogP contribution is -2.35. The Morgan fingerprint density at radius 1 is 1.24 bits per heavy atom.